The molecule has 0 amide bonds. The van der Waals surface area contributed by atoms with E-state index in [2.05, 4.69) is 36.3 Å². The van der Waals surface area contributed by atoms with Gasteiger partial charge in [-0.2, -0.15) is 0 Å². The summed E-state index contributed by atoms with van der Waals surface area (Å²) < 4.78 is 5.71. The molecule has 0 bridgehead atoms. The van der Waals surface area contributed by atoms with E-state index in [1.165, 1.54) is 0 Å². The van der Waals surface area contributed by atoms with Gasteiger partial charge in [0, 0.05) is 24.9 Å². The lowest BCUT2D eigenvalue weighted by Crippen LogP contribution is -2.43. The first kappa shape index (κ1) is 12.5. The van der Waals surface area contributed by atoms with Gasteiger partial charge >= 0.3 is 0 Å². The lowest BCUT2D eigenvalue weighted by Gasteiger charge is -2.35. The minimum atomic E-state index is 0.00987. The Balaban J connectivity index is 1.86. The number of aromatic nitrogens is 1. The van der Waals surface area contributed by atoms with Crippen molar-refractivity contribution in [1.82, 2.24) is 10.3 Å². The van der Waals surface area contributed by atoms with Crippen LogP contribution < -0.4 is 5.32 Å². The van der Waals surface area contributed by atoms with Crippen LogP contribution in [0.1, 0.15) is 38.1 Å². The molecule has 94 valence electrons. The maximum absolute atomic E-state index is 5.71. The Labute approximate surface area is 104 Å². The maximum atomic E-state index is 5.71. The van der Waals surface area contributed by atoms with E-state index in [1.807, 2.05) is 13.0 Å². The predicted octanol–water partition coefficient (Wildman–Crippen LogP) is 2.44. The Morgan fingerprint density at radius 3 is 3.00 bits per heavy atom. The zero-order valence-electron chi connectivity index (χ0n) is 11.0. The summed E-state index contributed by atoms with van der Waals surface area (Å²) in [5, 5.41) is 3.58. The molecule has 3 heteroatoms. The second-order valence-electron chi connectivity index (χ2n) is 5.45. The van der Waals surface area contributed by atoms with Crippen molar-refractivity contribution in [2.45, 2.75) is 51.8 Å². The normalized spacial score (nSPS) is 23.6. The van der Waals surface area contributed by atoms with Crippen LogP contribution in [-0.2, 0) is 11.3 Å². The smallest absolute Gasteiger partial charge is 0.0641 e. The van der Waals surface area contributed by atoms with Gasteiger partial charge in [-0.3, -0.25) is 4.98 Å². The molecule has 0 spiro atoms. The topological polar surface area (TPSA) is 34.1 Å². The van der Waals surface area contributed by atoms with Crippen LogP contribution in [0, 0.1) is 6.92 Å². The van der Waals surface area contributed by atoms with Crippen LogP contribution in [0.5, 0.6) is 0 Å². The fraction of sp³-hybridized carbons (Fsp3) is 0.643. The minimum Gasteiger partial charge on any atom is -0.375 e. The molecule has 1 atom stereocenters. The van der Waals surface area contributed by atoms with Gasteiger partial charge in [-0.1, -0.05) is 6.07 Å². The molecule has 1 N–H and O–H groups in total. The Morgan fingerprint density at radius 2 is 2.29 bits per heavy atom. The Bertz CT molecular complexity index is 376. The summed E-state index contributed by atoms with van der Waals surface area (Å²) in [5.41, 5.74) is 2.21. The second kappa shape index (κ2) is 5.15. The van der Waals surface area contributed by atoms with Gasteiger partial charge in [-0.15, -0.1) is 0 Å². The Hall–Kier alpha value is -0.930. The zero-order chi connectivity index (χ0) is 12.3. The summed E-state index contributed by atoms with van der Waals surface area (Å²) in [6.07, 6.45) is 2.16. The van der Waals surface area contributed by atoms with Crippen molar-refractivity contribution in [3.63, 3.8) is 0 Å². The van der Waals surface area contributed by atoms with Crippen molar-refractivity contribution in [1.29, 1.82) is 0 Å². The highest BCUT2D eigenvalue weighted by Crippen LogP contribution is 2.23. The molecule has 0 aliphatic carbocycles. The number of hydrogen-bond donors (Lipinski definition) is 1. The lowest BCUT2D eigenvalue weighted by molar-refractivity contribution is -0.0631. The molecule has 2 heterocycles. The van der Waals surface area contributed by atoms with Crippen molar-refractivity contribution in [3.8, 4) is 0 Å². The summed E-state index contributed by atoms with van der Waals surface area (Å²) in [5.74, 6) is 0. The van der Waals surface area contributed by atoms with Crippen LogP contribution in [0.2, 0.25) is 0 Å². The summed E-state index contributed by atoms with van der Waals surface area (Å²) in [4.78, 5) is 4.50. The van der Waals surface area contributed by atoms with Crippen LogP contribution >= 0.6 is 0 Å². The van der Waals surface area contributed by atoms with Crippen molar-refractivity contribution in [2.24, 2.45) is 0 Å². The highest BCUT2D eigenvalue weighted by Gasteiger charge is 2.28. The van der Waals surface area contributed by atoms with Crippen molar-refractivity contribution in [2.75, 3.05) is 6.61 Å². The van der Waals surface area contributed by atoms with Crippen LogP contribution in [0.4, 0.5) is 0 Å². The molecule has 0 aromatic carbocycles. The van der Waals surface area contributed by atoms with E-state index in [0.29, 0.717) is 6.04 Å². The fourth-order valence-corrected chi connectivity index (χ4v) is 2.35. The van der Waals surface area contributed by atoms with Crippen molar-refractivity contribution in [3.05, 3.63) is 29.6 Å². The molecule has 1 aliphatic heterocycles. The number of hydrogen-bond acceptors (Lipinski definition) is 3. The molecular formula is C14H22N2O. The van der Waals surface area contributed by atoms with E-state index < -0.39 is 0 Å². The largest absolute Gasteiger partial charge is 0.375 e. The van der Waals surface area contributed by atoms with Crippen LogP contribution in [0.3, 0.4) is 0 Å². The van der Waals surface area contributed by atoms with E-state index in [-0.39, 0.29) is 5.60 Å². The molecule has 1 unspecified atom stereocenters. The van der Waals surface area contributed by atoms with E-state index in [1.54, 1.807) is 0 Å². The van der Waals surface area contributed by atoms with Crippen molar-refractivity contribution >= 4 is 0 Å². The number of aryl methyl sites for hydroxylation is 1. The second-order valence-corrected chi connectivity index (χ2v) is 5.45. The fourth-order valence-electron chi connectivity index (χ4n) is 2.35. The van der Waals surface area contributed by atoms with Crippen molar-refractivity contribution < 1.29 is 4.74 Å². The molecule has 2 rings (SSSR count). The van der Waals surface area contributed by atoms with Crippen LogP contribution in [0.15, 0.2) is 18.2 Å². The maximum Gasteiger partial charge on any atom is 0.0641 e. The molecule has 1 aliphatic rings. The molecule has 1 aromatic rings. The molecule has 3 nitrogen and oxygen atoms in total. The molecule has 0 saturated carbocycles. The highest BCUT2D eigenvalue weighted by molar-refractivity contribution is 5.09. The number of nitrogens with zero attached hydrogens (tertiary/aromatic N) is 1. The number of pyridine rings is 1. The predicted molar refractivity (Wildman–Crippen MR) is 68.9 cm³/mol. The van der Waals surface area contributed by atoms with Gasteiger partial charge < -0.3 is 10.1 Å². The van der Waals surface area contributed by atoms with E-state index in [9.17, 15) is 0 Å². The highest BCUT2D eigenvalue weighted by atomic mass is 16.5. The molecule has 1 fully saturated rings. The van der Waals surface area contributed by atoms with Crippen LogP contribution in [-0.4, -0.2) is 23.2 Å². The standard InChI is InChI=1S/C14H22N2O/c1-11-5-4-6-13(16-11)10-15-12-7-8-17-14(2,3)9-12/h4-6,12,15H,7-10H2,1-3H3. The summed E-state index contributed by atoms with van der Waals surface area (Å²) >= 11 is 0. The zero-order valence-corrected chi connectivity index (χ0v) is 11.0. The first-order valence-electron chi connectivity index (χ1n) is 6.35. The summed E-state index contributed by atoms with van der Waals surface area (Å²) in [7, 11) is 0. The Kier molecular flexibility index (Phi) is 3.79. The first-order chi connectivity index (χ1) is 8.05. The Morgan fingerprint density at radius 1 is 1.47 bits per heavy atom. The van der Waals surface area contributed by atoms with Gasteiger partial charge in [0.25, 0.3) is 0 Å². The van der Waals surface area contributed by atoms with Gasteiger partial charge in [0.15, 0.2) is 0 Å². The molecular weight excluding hydrogens is 212 g/mol. The van der Waals surface area contributed by atoms with E-state index in [0.717, 1.165) is 37.4 Å². The third-order valence-corrected chi connectivity index (χ3v) is 3.21. The molecule has 17 heavy (non-hydrogen) atoms. The minimum absolute atomic E-state index is 0.00987. The summed E-state index contributed by atoms with van der Waals surface area (Å²) in [6, 6.07) is 6.71. The first-order valence-corrected chi connectivity index (χ1v) is 6.35. The lowest BCUT2D eigenvalue weighted by atomic mass is 9.94. The molecule has 1 aromatic heterocycles. The van der Waals surface area contributed by atoms with Gasteiger partial charge in [0.1, 0.15) is 0 Å². The number of rotatable bonds is 3. The van der Waals surface area contributed by atoms with Gasteiger partial charge in [0.2, 0.25) is 0 Å². The third-order valence-electron chi connectivity index (χ3n) is 3.21. The van der Waals surface area contributed by atoms with Gasteiger partial charge in [0.05, 0.1) is 11.3 Å². The third kappa shape index (κ3) is 3.79. The van der Waals surface area contributed by atoms with Gasteiger partial charge in [-0.25, -0.2) is 0 Å². The van der Waals surface area contributed by atoms with E-state index in [4.69, 9.17) is 4.74 Å². The monoisotopic (exact) mass is 234 g/mol. The number of nitrogens with one attached hydrogen (secondary N) is 1. The SMILES string of the molecule is Cc1cccc(CNC2CCOC(C)(C)C2)n1. The van der Waals surface area contributed by atoms with Crippen LogP contribution in [0.25, 0.3) is 0 Å². The van der Waals surface area contributed by atoms with Gasteiger partial charge in [-0.05, 0) is 45.7 Å². The average Bonchev–Trinajstić information content (AvgIpc) is 2.25. The molecule has 0 radical (unpaired) electrons. The number of ether oxygens (including phenoxy) is 1. The molecule has 1 saturated heterocycles. The summed E-state index contributed by atoms with van der Waals surface area (Å²) in [6.45, 7) is 8.05. The average molecular weight is 234 g/mol. The quantitative estimate of drug-likeness (QED) is 0.872. The van der Waals surface area contributed by atoms with E-state index >= 15 is 0 Å².